The van der Waals surface area contributed by atoms with Crippen LogP contribution in [0, 0.1) is 0 Å². The number of carbonyl (C=O) groups is 2. The summed E-state index contributed by atoms with van der Waals surface area (Å²) in [5.41, 5.74) is 0.943. The third kappa shape index (κ3) is 6.22. The minimum atomic E-state index is -0.820. The first-order chi connectivity index (χ1) is 14.0. The highest BCUT2D eigenvalue weighted by molar-refractivity contribution is 5.74. The van der Waals surface area contributed by atoms with E-state index >= 15 is 0 Å². The molecule has 7 heteroatoms. The summed E-state index contributed by atoms with van der Waals surface area (Å²) in [6.45, 7) is 3.08. The third-order valence-corrected chi connectivity index (χ3v) is 5.04. The van der Waals surface area contributed by atoms with Gasteiger partial charge >= 0.3 is 12.0 Å². The van der Waals surface area contributed by atoms with Gasteiger partial charge in [-0.15, -0.1) is 0 Å². The molecule has 0 saturated heterocycles. The van der Waals surface area contributed by atoms with Crippen LogP contribution in [0.15, 0.2) is 54.6 Å². The topological polar surface area (TPSA) is 90.9 Å². The van der Waals surface area contributed by atoms with E-state index in [1.54, 1.807) is 0 Å². The number of likely N-dealkylation sites (N-methyl/N-ethyl adjacent to an activating group) is 1. The van der Waals surface area contributed by atoms with Crippen molar-refractivity contribution in [1.82, 2.24) is 15.5 Å². The van der Waals surface area contributed by atoms with Gasteiger partial charge < -0.3 is 20.5 Å². The third-order valence-electron chi connectivity index (χ3n) is 5.04. The molecule has 3 rings (SSSR count). The molecule has 2 aromatic rings. The Hall–Kier alpha value is -3.06. The molecule has 0 unspecified atom stereocenters. The number of carboxylic acids is 1. The predicted molar refractivity (Wildman–Crippen MR) is 110 cm³/mol. The van der Waals surface area contributed by atoms with Gasteiger partial charge in [-0.25, -0.2) is 4.79 Å². The number of nitrogens with zero attached hydrogens (tertiary/aromatic N) is 1. The van der Waals surface area contributed by atoms with Crippen molar-refractivity contribution < 1.29 is 19.4 Å². The van der Waals surface area contributed by atoms with Crippen molar-refractivity contribution in [1.29, 1.82) is 0 Å². The number of hydrogen-bond donors (Lipinski definition) is 3. The zero-order valence-electron chi connectivity index (χ0n) is 16.5. The van der Waals surface area contributed by atoms with Crippen LogP contribution >= 0.6 is 0 Å². The molecular formula is C22H27N3O4. The highest BCUT2D eigenvalue weighted by Crippen LogP contribution is 2.25. The lowest BCUT2D eigenvalue weighted by atomic mass is 9.85. The molecule has 0 radical (unpaired) electrons. The molecule has 1 aliphatic carbocycles. The van der Waals surface area contributed by atoms with Gasteiger partial charge in [0.1, 0.15) is 11.5 Å². The van der Waals surface area contributed by atoms with Crippen molar-refractivity contribution in [3.63, 3.8) is 0 Å². The van der Waals surface area contributed by atoms with E-state index in [9.17, 15) is 9.59 Å². The highest BCUT2D eigenvalue weighted by Gasteiger charge is 2.34. The van der Waals surface area contributed by atoms with Crippen LogP contribution in [0.3, 0.4) is 0 Å². The van der Waals surface area contributed by atoms with Crippen LogP contribution in [0.2, 0.25) is 0 Å². The molecular weight excluding hydrogens is 370 g/mol. The van der Waals surface area contributed by atoms with Crippen molar-refractivity contribution in [2.45, 2.75) is 38.4 Å². The van der Waals surface area contributed by atoms with Crippen LogP contribution in [0.4, 0.5) is 4.79 Å². The number of rotatable bonds is 9. The van der Waals surface area contributed by atoms with E-state index in [0.29, 0.717) is 13.1 Å². The zero-order valence-corrected chi connectivity index (χ0v) is 16.5. The average molecular weight is 397 g/mol. The second-order valence-corrected chi connectivity index (χ2v) is 7.17. The van der Waals surface area contributed by atoms with Crippen LogP contribution in [0.1, 0.15) is 25.3 Å². The van der Waals surface area contributed by atoms with E-state index in [-0.39, 0.29) is 24.7 Å². The predicted octanol–water partition coefficient (Wildman–Crippen LogP) is 3.22. The fraction of sp³-hybridized carbons (Fsp3) is 0.364. The zero-order chi connectivity index (χ0) is 20.6. The Balaban J connectivity index is 1.41. The minimum absolute atomic E-state index is 0.0431. The van der Waals surface area contributed by atoms with Crippen molar-refractivity contribution in [3.8, 4) is 11.5 Å². The maximum Gasteiger partial charge on any atom is 0.317 e. The summed E-state index contributed by atoms with van der Waals surface area (Å²) in [7, 11) is 0. The van der Waals surface area contributed by atoms with Crippen LogP contribution in [0.25, 0.3) is 0 Å². The summed E-state index contributed by atoms with van der Waals surface area (Å²) in [5.74, 6) is 0.661. The molecule has 3 N–H and O–H groups in total. The Morgan fingerprint density at radius 1 is 1.10 bits per heavy atom. The molecule has 7 nitrogen and oxygen atoms in total. The number of carboxylic acid groups (broad SMARTS) is 1. The molecule has 2 amide bonds. The first-order valence-corrected chi connectivity index (χ1v) is 9.85. The second kappa shape index (κ2) is 9.93. The summed E-state index contributed by atoms with van der Waals surface area (Å²) in [4.78, 5) is 25.0. The number of nitrogens with one attached hydrogen (secondary N) is 2. The van der Waals surface area contributed by atoms with Crippen molar-refractivity contribution in [3.05, 3.63) is 60.2 Å². The number of ether oxygens (including phenoxy) is 1. The lowest BCUT2D eigenvalue weighted by molar-refractivity contribution is -0.139. The number of hydrogen-bond acceptors (Lipinski definition) is 4. The van der Waals surface area contributed by atoms with Crippen LogP contribution < -0.4 is 15.4 Å². The van der Waals surface area contributed by atoms with Gasteiger partial charge in [-0.3, -0.25) is 9.69 Å². The molecule has 0 atom stereocenters. The standard InChI is InChI=1S/C22H27N3O4/c1-2-25(15-21(26)27)18-12-17(13-18)24-22(28)23-14-16-7-6-10-20(11-16)29-19-8-4-3-5-9-19/h3-11,17-18H,2,12-15H2,1H3,(H,26,27)(H2,23,24,28). The highest BCUT2D eigenvalue weighted by atomic mass is 16.5. The molecule has 2 aromatic carbocycles. The number of amides is 2. The number of urea groups is 1. The Morgan fingerprint density at radius 2 is 1.83 bits per heavy atom. The molecule has 1 fully saturated rings. The van der Waals surface area contributed by atoms with Crippen LogP contribution in [-0.2, 0) is 11.3 Å². The van der Waals surface area contributed by atoms with Crippen LogP contribution in [0.5, 0.6) is 11.5 Å². The Morgan fingerprint density at radius 3 is 2.52 bits per heavy atom. The smallest absolute Gasteiger partial charge is 0.317 e. The Bertz CT molecular complexity index is 822. The summed E-state index contributed by atoms with van der Waals surface area (Å²) >= 11 is 0. The van der Waals surface area contributed by atoms with E-state index in [0.717, 1.165) is 29.9 Å². The molecule has 0 aliphatic heterocycles. The number of benzene rings is 2. The normalized spacial score (nSPS) is 18.0. The van der Waals surface area contributed by atoms with Crippen molar-refractivity contribution >= 4 is 12.0 Å². The van der Waals surface area contributed by atoms with Gasteiger partial charge in [0.2, 0.25) is 0 Å². The quantitative estimate of drug-likeness (QED) is 0.604. The van der Waals surface area contributed by atoms with E-state index < -0.39 is 5.97 Å². The van der Waals surface area contributed by atoms with Gasteiger partial charge in [-0.05, 0) is 49.2 Å². The van der Waals surface area contributed by atoms with E-state index in [4.69, 9.17) is 9.84 Å². The lowest BCUT2D eigenvalue weighted by Crippen LogP contribution is -2.56. The van der Waals surface area contributed by atoms with Gasteiger partial charge in [0, 0.05) is 18.6 Å². The van der Waals surface area contributed by atoms with Crippen molar-refractivity contribution in [2.75, 3.05) is 13.1 Å². The average Bonchev–Trinajstić information content (AvgIpc) is 2.68. The molecule has 0 heterocycles. The molecule has 154 valence electrons. The van der Waals surface area contributed by atoms with Gasteiger partial charge in [0.25, 0.3) is 0 Å². The monoisotopic (exact) mass is 397 g/mol. The van der Waals surface area contributed by atoms with Gasteiger partial charge in [0.05, 0.1) is 6.54 Å². The largest absolute Gasteiger partial charge is 0.480 e. The van der Waals surface area contributed by atoms with Gasteiger partial charge in [-0.1, -0.05) is 37.3 Å². The van der Waals surface area contributed by atoms with Gasteiger partial charge in [0.15, 0.2) is 0 Å². The first-order valence-electron chi connectivity index (χ1n) is 9.85. The molecule has 0 aromatic heterocycles. The van der Waals surface area contributed by atoms with Crippen LogP contribution in [-0.4, -0.2) is 47.2 Å². The first kappa shape index (κ1) is 20.7. The number of aliphatic carboxylic acids is 1. The van der Waals surface area contributed by atoms with E-state index in [2.05, 4.69) is 10.6 Å². The fourth-order valence-corrected chi connectivity index (χ4v) is 3.44. The molecule has 0 spiro atoms. The number of para-hydroxylation sites is 1. The maximum absolute atomic E-state index is 12.2. The van der Waals surface area contributed by atoms with E-state index in [1.165, 1.54) is 0 Å². The lowest BCUT2D eigenvalue weighted by Gasteiger charge is -2.42. The van der Waals surface area contributed by atoms with Crippen molar-refractivity contribution in [2.24, 2.45) is 0 Å². The fourth-order valence-electron chi connectivity index (χ4n) is 3.44. The number of carbonyl (C=O) groups excluding carboxylic acids is 1. The van der Waals surface area contributed by atoms with Gasteiger partial charge in [-0.2, -0.15) is 0 Å². The maximum atomic E-state index is 12.2. The summed E-state index contributed by atoms with van der Waals surface area (Å²) in [6.07, 6.45) is 1.55. The van der Waals surface area contributed by atoms with E-state index in [1.807, 2.05) is 66.4 Å². The summed E-state index contributed by atoms with van der Waals surface area (Å²) < 4.78 is 5.81. The SMILES string of the molecule is CCN(CC(=O)O)C1CC(NC(=O)NCc2cccc(Oc3ccccc3)c2)C1. The molecule has 1 aliphatic rings. The molecule has 1 saturated carbocycles. The molecule has 0 bridgehead atoms. The Labute approximate surface area is 170 Å². The molecule has 29 heavy (non-hydrogen) atoms. The minimum Gasteiger partial charge on any atom is -0.480 e. The Kier molecular flexibility index (Phi) is 7.08. The second-order valence-electron chi connectivity index (χ2n) is 7.17. The summed E-state index contributed by atoms with van der Waals surface area (Å²) in [6, 6.07) is 17.2. The summed E-state index contributed by atoms with van der Waals surface area (Å²) in [5, 5.41) is 14.8.